The van der Waals surface area contributed by atoms with Crippen LogP contribution in [0.3, 0.4) is 0 Å². The first-order chi connectivity index (χ1) is 11.6. The number of rotatable bonds is 4. The number of para-hydroxylation sites is 3. The van der Waals surface area contributed by atoms with Crippen LogP contribution in [-0.4, -0.2) is 24.5 Å². The summed E-state index contributed by atoms with van der Waals surface area (Å²) in [6.45, 7) is 1.69. The molecule has 5 nitrogen and oxygen atoms in total. The third kappa shape index (κ3) is 3.08. The van der Waals surface area contributed by atoms with Crippen molar-refractivity contribution >= 4 is 23.2 Å². The average Bonchev–Trinajstić information content (AvgIpc) is 2.59. The Morgan fingerprint density at radius 3 is 2.71 bits per heavy atom. The van der Waals surface area contributed by atoms with Crippen LogP contribution in [0.2, 0.25) is 0 Å². The lowest BCUT2D eigenvalue weighted by Gasteiger charge is -2.31. The summed E-state index contributed by atoms with van der Waals surface area (Å²) >= 11 is 0. The smallest absolute Gasteiger partial charge is 0.268 e. The Morgan fingerprint density at radius 2 is 1.96 bits per heavy atom. The molecule has 124 valence electrons. The summed E-state index contributed by atoms with van der Waals surface area (Å²) in [6.07, 6.45) is -0.520. The molecule has 0 fully saturated rings. The topological polar surface area (TPSA) is 58.6 Å². The van der Waals surface area contributed by atoms with E-state index in [1.54, 1.807) is 43.3 Å². The van der Waals surface area contributed by atoms with Crippen molar-refractivity contribution in [2.75, 3.05) is 16.8 Å². The fourth-order valence-corrected chi connectivity index (χ4v) is 2.61. The summed E-state index contributed by atoms with van der Waals surface area (Å²) < 4.78 is 19.3. The van der Waals surface area contributed by atoms with Gasteiger partial charge in [0.1, 0.15) is 6.54 Å². The normalized spacial score (nSPS) is 14.6. The molecule has 1 heterocycles. The Hall–Kier alpha value is -2.89. The second-order valence-electron chi connectivity index (χ2n) is 5.43. The van der Waals surface area contributed by atoms with Gasteiger partial charge < -0.3 is 10.1 Å². The highest BCUT2D eigenvalue weighted by atomic mass is 19.1. The second kappa shape index (κ2) is 6.70. The van der Waals surface area contributed by atoms with Gasteiger partial charge in [0.15, 0.2) is 17.7 Å². The minimum Gasteiger partial charge on any atom is -0.478 e. The first kappa shape index (κ1) is 16.0. The predicted molar refractivity (Wildman–Crippen MR) is 88.5 cm³/mol. The van der Waals surface area contributed by atoms with Crippen molar-refractivity contribution in [3.63, 3.8) is 0 Å². The Bertz CT molecular complexity index is 778. The Balaban J connectivity index is 1.87. The van der Waals surface area contributed by atoms with Crippen LogP contribution in [0.25, 0.3) is 0 Å². The molecule has 0 aliphatic carbocycles. The predicted octanol–water partition coefficient (Wildman–Crippen LogP) is 2.97. The van der Waals surface area contributed by atoms with Gasteiger partial charge in [-0.15, -0.1) is 0 Å². The van der Waals surface area contributed by atoms with Crippen molar-refractivity contribution in [2.24, 2.45) is 0 Å². The van der Waals surface area contributed by atoms with Gasteiger partial charge in [0.2, 0.25) is 5.91 Å². The number of hydrogen-bond donors (Lipinski definition) is 1. The standard InChI is InChI=1S/C18H17FN2O3/c1-2-15(24-16-10-6-3-7-12(16)19)18(23)21-11-17(22)20-13-8-4-5-9-14(13)21/h3-10,15H,2,11H2,1H3,(H,20,22). The van der Waals surface area contributed by atoms with E-state index in [1.807, 2.05) is 0 Å². The van der Waals surface area contributed by atoms with Crippen molar-refractivity contribution < 1.29 is 18.7 Å². The first-order valence-corrected chi connectivity index (χ1v) is 7.71. The molecule has 1 aliphatic heterocycles. The molecule has 1 atom stereocenters. The maximum absolute atomic E-state index is 13.8. The maximum Gasteiger partial charge on any atom is 0.268 e. The zero-order valence-electron chi connectivity index (χ0n) is 13.2. The molecule has 6 heteroatoms. The molecular weight excluding hydrogens is 311 g/mol. The zero-order chi connectivity index (χ0) is 17.1. The summed E-state index contributed by atoms with van der Waals surface area (Å²) in [5.74, 6) is -1.15. The van der Waals surface area contributed by atoms with E-state index in [1.165, 1.54) is 17.0 Å². The number of carbonyl (C=O) groups is 2. The number of carbonyl (C=O) groups excluding carboxylic acids is 2. The fourth-order valence-electron chi connectivity index (χ4n) is 2.61. The molecule has 2 aromatic rings. The third-order valence-electron chi connectivity index (χ3n) is 3.79. The third-order valence-corrected chi connectivity index (χ3v) is 3.79. The number of benzene rings is 2. The molecule has 0 saturated carbocycles. The van der Waals surface area contributed by atoms with Crippen molar-refractivity contribution in [1.29, 1.82) is 0 Å². The summed E-state index contributed by atoms with van der Waals surface area (Å²) in [7, 11) is 0. The van der Waals surface area contributed by atoms with Gasteiger partial charge in [0.05, 0.1) is 11.4 Å². The van der Waals surface area contributed by atoms with Gasteiger partial charge in [-0.1, -0.05) is 31.2 Å². The molecule has 0 radical (unpaired) electrons. The minimum atomic E-state index is -0.874. The van der Waals surface area contributed by atoms with E-state index in [0.717, 1.165) is 0 Å². The minimum absolute atomic E-state index is 0.0208. The molecule has 0 spiro atoms. The van der Waals surface area contributed by atoms with Gasteiger partial charge in [-0.2, -0.15) is 0 Å². The highest BCUT2D eigenvalue weighted by Gasteiger charge is 2.32. The number of anilines is 2. The van der Waals surface area contributed by atoms with E-state index < -0.39 is 11.9 Å². The van der Waals surface area contributed by atoms with Crippen molar-refractivity contribution in [3.05, 3.63) is 54.3 Å². The van der Waals surface area contributed by atoms with Crippen LogP contribution in [0.5, 0.6) is 5.75 Å². The fraction of sp³-hybridized carbons (Fsp3) is 0.222. The Morgan fingerprint density at radius 1 is 1.25 bits per heavy atom. The zero-order valence-corrected chi connectivity index (χ0v) is 13.2. The van der Waals surface area contributed by atoms with Crippen LogP contribution in [0.4, 0.5) is 15.8 Å². The van der Waals surface area contributed by atoms with Crippen LogP contribution < -0.4 is 15.0 Å². The largest absolute Gasteiger partial charge is 0.478 e. The molecule has 24 heavy (non-hydrogen) atoms. The van der Waals surface area contributed by atoms with Gasteiger partial charge >= 0.3 is 0 Å². The number of amides is 2. The van der Waals surface area contributed by atoms with Gasteiger partial charge in [-0.25, -0.2) is 4.39 Å². The number of nitrogens with one attached hydrogen (secondary N) is 1. The van der Waals surface area contributed by atoms with E-state index in [-0.39, 0.29) is 24.1 Å². The van der Waals surface area contributed by atoms with E-state index in [4.69, 9.17) is 4.74 Å². The summed E-state index contributed by atoms with van der Waals surface area (Å²) in [5.41, 5.74) is 1.18. The van der Waals surface area contributed by atoms with Crippen LogP contribution in [-0.2, 0) is 9.59 Å². The molecule has 1 aliphatic rings. The lowest BCUT2D eigenvalue weighted by molar-refractivity contribution is -0.127. The molecule has 1 unspecified atom stereocenters. The highest BCUT2D eigenvalue weighted by Crippen LogP contribution is 2.30. The SMILES string of the molecule is CCC(Oc1ccccc1F)C(=O)N1CC(=O)Nc2ccccc21. The molecule has 0 aromatic heterocycles. The van der Waals surface area contributed by atoms with Crippen LogP contribution in [0, 0.1) is 5.82 Å². The monoisotopic (exact) mass is 328 g/mol. The van der Waals surface area contributed by atoms with Crippen molar-refractivity contribution in [2.45, 2.75) is 19.4 Å². The lowest BCUT2D eigenvalue weighted by atomic mass is 10.1. The number of nitrogens with zero attached hydrogens (tertiary/aromatic N) is 1. The van der Waals surface area contributed by atoms with Gasteiger partial charge in [0.25, 0.3) is 5.91 Å². The van der Waals surface area contributed by atoms with Gasteiger partial charge in [-0.3, -0.25) is 14.5 Å². The molecule has 1 N–H and O–H groups in total. The summed E-state index contributed by atoms with van der Waals surface area (Å²) in [4.78, 5) is 26.1. The van der Waals surface area contributed by atoms with Gasteiger partial charge in [0, 0.05) is 0 Å². The quantitative estimate of drug-likeness (QED) is 0.939. The molecular formula is C18H17FN2O3. The molecule has 3 rings (SSSR count). The average molecular weight is 328 g/mol. The van der Waals surface area contributed by atoms with E-state index in [0.29, 0.717) is 17.8 Å². The highest BCUT2D eigenvalue weighted by molar-refractivity contribution is 6.11. The maximum atomic E-state index is 13.8. The van der Waals surface area contributed by atoms with Crippen molar-refractivity contribution in [1.82, 2.24) is 0 Å². The van der Waals surface area contributed by atoms with E-state index >= 15 is 0 Å². The second-order valence-corrected chi connectivity index (χ2v) is 5.43. The molecule has 0 bridgehead atoms. The van der Waals surface area contributed by atoms with Gasteiger partial charge in [-0.05, 0) is 30.7 Å². The Kier molecular flexibility index (Phi) is 4.46. The van der Waals surface area contributed by atoms with E-state index in [9.17, 15) is 14.0 Å². The number of ether oxygens (including phenoxy) is 1. The first-order valence-electron chi connectivity index (χ1n) is 7.71. The van der Waals surface area contributed by atoms with Crippen LogP contribution >= 0.6 is 0 Å². The van der Waals surface area contributed by atoms with Crippen molar-refractivity contribution in [3.8, 4) is 5.75 Å². The number of hydrogen-bond acceptors (Lipinski definition) is 3. The number of halogens is 1. The summed E-state index contributed by atoms with van der Waals surface area (Å²) in [5, 5.41) is 2.73. The molecule has 0 saturated heterocycles. The van der Waals surface area contributed by atoms with E-state index in [2.05, 4.69) is 5.32 Å². The molecule has 2 aromatic carbocycles. The molecule has 2 amide bonds. The Labute approximate surface area is 139 Å². The van der Waals surface area contributed by atoms with Crippen LogP contribution in [0.15, 0.2) is 48.5 Å². The van der Waals surface area contributed by atoms with Crippen LogP contribution in [0.1, 0.15) is 13.3 Å². The lowest BCUT2D eigenvalue weighted by Crippen LogP contribution is -2.48. The number of fused-ring (bicyclic) bond motifs is 1. The summed E-state index contributed by atoms with van der Waals surface area (Å²) in [6, 6.07) is 13.0.